The van der Waals surface area contributed by atoms with Gasteiger partial charge in [-0.2, -0.15) is 0 Å². The van der Waals surface area contributed by atoms with Crippen LogP contribution in [0.1, 0.15) is 10.4 Å². The molecule has 3 heteroatoms. The van der Waals surface area contributed by atoms with E-state index in [1.54, 1.807) is 11.3 Å². The number of nitrogens with zero attached hydrogens (tertiary/aromatic N) is 1. The van der Waals surface area contributed by atoms with Crippen molar-refractivity contribution in [3.05, 3.63) is 63.4 Å². The maximum atomic E-state index is 4.86. The summed E-state index contributed by atoms with van der Waals surface area (Å²) in [5.74, 6) is 0. The van der Waals surface area contributed by atoms with Gasteiger partial charge in [0.15, 0.2) is 0 Å². The summed E-state index contributed by atoms with van der Waals surface area (Å²) in [4.78, 5) is 6.11. The van der Waals surface area contributed by atoms with Crippen LogP contribution in [0.4, 0.5) is 0 Å². The highest BCUT2D eigenvalue weighted by Gasteiger charge is 2.14. The number of halogens is 1. The Labute approximate surface area is 131 Å². The van der Waals surface area contributed by atoms with Crippen molar-refractivity contribution < 1.29 is 0 Å². The molecule has 0 radical (unpaired) electrons. The minimum atomic E-state index is 1.07. The van der Waals surface area contributed by atoms with E-state index in [1.165, 1.54) is 16.0 Å². The van der Waals surface area contributed by atoms with Crippen LogP contribution in [0, 0.1) is 13.8 Å². The molecular weight excluding hydrogens is 330 g/mol. The largest absolute Gasteiger partial charge is 0.236 e. The van der Waals surface area contributed by atoms with Crippen molar-refractivity contribution in [3.8, 4) is 21.8 Å². The summed E-state index contributed by atoms with van der Waals surface area (Å²) in [7, 11) is 0. The van der Waals surface area contributed by atoms with Gasteiger partial charge in [0.2, 0.25) is 0 Å². The van der Waals surface area contributed by atoms with E-state index in [-0.39, 0.29) is 0 Å². The Bertz CT molecular complexity index is 761. The number of aryl methyl sites for hydroxylation is 2. The molecule has 0 unspecified atom stereocenters. The van der Waals surface area contributed by atoms with Crippen molar-refractivity contribution >= 4 is 27.3 Å². The lowest BCUT2D eigenvalue weighted by atomic mass is 10.1. The maximum Gasteiger partial charge on any atom is 0.124 e. The van der Waals surface area contributed by atoms with Crippen LogP contribution in [0.15, 0.2) is 53.0 Å². The Balaban J connectivity index is 2.13. The molecule has 0 saturated carbocycles. The number of rotatable bonds is 2. The number of aromatic nitrogens is 1. The normalized spacial score (nSPS) is 10.8. The van der Waals surface area contributed by atoms with Crippen LogP contribution in [-0.2, 0) is 0 Å². The molecule has 0 fully saturated rings. The molecule has 3 rings (SSSR count). The molecule has 0 aliphatic rings. The van der Waals surface area contributed by atoms with Crippen LogP contribution in [0.25, 0.3) is 21.8 Å². The van der Waals surface area contributed by atoms with Gasteiger partial charge < -0.3 is 0 Å². The van der Waals surface area contributed by atoms with Crippen molar-refractivity contribution in [1.82, 2.24) is 4.98 Å². The molecule has 1 heterocycles. The smallest absolute Gasteiger partial charge is 0.124 e. The Hall–Kier alpha value is -1.45. The van der Waals surface area contributed by atoms with Crippen molar-refractivity contribution in [2.75, 3.05) is 0 Å². The lowest BCUT2D eigenvalue weighted by Gasteiger charge is -2.02. The molecule has 0 amide bonds. The van der Waals surface area contributed by atoms with Gasteiger partial charge in [0, 0.05) is 20.5 Å². The molecule has 1 aromatic heterocycles. The number of hydrogen-bond donors (Lipinski definition) is 0. The second-order valence-corrected chi connectivity index (χ2v) is 6.78. The Kier molecular flexibility index (Phi) is 3.72. The third kappa shape index (κ3) is 2.43. The topological polar surface area (TPSA) is 12.9 Å². The number of thiazole rings is 1. The molecule has 0 saturated heterocycles. The summed E-state index contributed by atoms with van der Waals surface area (Å²) in [6.07, 6.45) is 0. The summed E-state index contributed by atoms with van der Waals surface area (Å²) < 4.78 is 1.09. The summed E-state index contributed by atoms with van der Waals surface area (Å²) in [5, 5.41) is 1.09. The van der Waals surface area contributed by atoms with Crippen LogP contribution in [0.3, 0.4) is 0 Å². The molecule has 100 valence electrons. The van der Waals surface area contributed by atoms with Gasteiger partial charge in [-0.05, 0) is 25.5 Å². The standard InChI is InChI=1S/C17H14BrNS/c1-11-7-3-4-8-13(11)17-19-16(12(2)20-17)14-9-5-6-10-15(14)18/h3-10H,1-2H3. The summed E-state index contributed by atoms with van der Waals surface area (Å²) in [6, 6.07) is 16.6. The number of benzene rings is 2. The second-order valence-electron chi connectivity index (χ2n) is 4.72. The molecule has 3 aromatic rings. The first-order valence-electron chi connectivity index (χ1n) is 6.45. The van der Waals surface area contributed by atoms with E-state index in [4.69, 9.17) is 4.98 Å². The van der Waals surface area contributed by atoms with Gasteiger partial charge in [0.25, 0.3) is 0 Å². The average Bonchev–Trinajstić information content (AvgIpc) is 2.81. The van der Waals surface area contributed by atoms with Crippen LogP contribution >= 0.6 is 27.3 Å². The Morgan fingerprint density at radius 2 is 1.55 bits per heavy atom. The third-order valence-corrected chi connectivity index (χ3v) is 5.00. The zero-order chi connectivity index (χ0) is 14.1. The minimum Gasteiger partial charge on any atom is -0.236 e. The summed E-state index contributed by atoms with van der Waals surface area (Å²) >= 11 is 5.36. The molecule has 1 nitrogen and oxygen atoms in total. The molecule has 20 heavy (non-hydrogen) atoms. The van der Waals surface area contributed by atoms with E-state index in [0.29, 0.717) is 0 Å². The molecule has 0 bridgehead atoms. The SMILES string of the molecule is Cc1ccccc1-c1nc(-c2ccccc2Br)c(C)s1. The molecular formula is C17H14BrNS. The molecule has 0 aliphatic carbocycles. The van der Waals surface area contributed by atoms with Crippen molar-refractivity contribution in [3.63, 3.8) is 0 Å². The van der Waals surface area contributed by atoms with E-state index in [2.05, 4.69) is 66.2 Å². The van der Waals surface area contributed by atoms with Crippen molar-refractivity contribution in [2.24, 2.45) is 0 Å². The predicted molar refractivity (Wildman–Crippen MR) is 90.2 cm³/mol. The van der Waals surface area contributed by atoms with Crippen molar-refractivity contribution in [1.29, 1.82) is 0 Å². The molecule has 2 aromatic carbocycles. The fourth-order valence-corrected chi connectivity index (χ4v) is 3.72. The predicted octanol–water partition coefficient (Wildman–Crippen LogP) is 5.86. The molecule has 0 aliphatic heterocycles. The minimum absolute atomic E-state index is 1.07. The van der Waals surface area contributed by atoms with Gasteiger partial charge in [-0.3, -0.25) is 0 Å². The maximum absolute atomic E-state index is 4.86. The van der Waals surface area contributed by atoms with Crippen LogP contribution in [0.2, 0.25) is 0 Å². The Morgan fingerprint density at radius 3 is 2.25 bits per heavy atom. The van der Waals surface area contributed by atoms with E-state index in [1.807, 2.05) is 12.1 Å². The van der Waals surface area contributed by atoms with Gasteiger partial charge in [-0.1, -0.05) is 58.4 Å². The van der Waals surface area contributed by atoms with Gasteiger partial charge in [-0.25, -0.2) is 4.98 Å². The highest BCUT2D eigenvalue weighted by atomic mass is 79.9. The van der Waals surface area contributed by atoms with Crippen molar-refractivity contribution in [2.45, 2.75) is 13.8 Å². The molecule has 0 spiro atoms. The summed E-state index contributed by atoms with van der Waals surface area (Å²) in [5.41, 5.74) is 4.71. The van der Waals surface area contributed by atoms with Gasteiger partial charge in [0.05, 0.1) is 5.69 Å². The first kappa shape index (κ1) is 13.5. The van der Waals surface area contributed by atoms with Crippen LogP contribution in [-0.4, -0.2) is 4.98 Å². The van der Waals surface area contributed by atoms with E-state index < -0.39 is 0 Å². The zero-order valence-corrected chi connectivity index (χ0v) is 13.8. The number of hydrogen-bond acceptors (Lipinski definition) is 2. The zero-order valence-electron chi connectivity index (χ0n) is 11.4. The first-order valence-corrected chi connectivity index (χ1v) is 8.06. The third-order valence-electron chi connectivity index (χ3n) is 3.30. The Morgan fingerprint density at radius 1 is 0.900 bits per heavy atom. The quantitative estimate of drug-likeness (QED) is 0.568. The van der Waals surface area contributed by atoms with Crippen LogP contribution < -0.4 is 0 Å². The summed E-state index contributed by atoms with van der Waals surface area (Å²) in [6.45, 7) is 4.26. The van der Waals surface area contributed by atoms with E-state index in [0.717, 1.165) is 20.7 Å². The second kappa shape index (κ2) is 5.51. The molecule has 0 N–H and O–H groups in total. The highest BCUT2D eigenvalue weighted by Crippen LogP contribution is 2.37. The van der Waals surface area contributed by atoms with E-state index in [9.17, 15) is 0 Å². The van der Waals surface area contributed by atoms with E-state index >= 15 is 0 Å². The van der Waals surface area contributed by atoms with Gasteiger partial charge in [0.1, 0.15) is 5.01 Å². The fraction of sp³-hybridized carbons (Fsp3) is 0.118. The monoisotopic (exact) mass is 343 g/mol. The van der Waals surface area contributed by atoms with Gasteiger partial charge >= 0.3 is 0 Å². The first-order chi connectivity index (χ1) is 9.66. The molecule has 0 atom stereocenters. The average molecular weight is 344 g/mol. The lowest BCUT2D eigenvalue weighted by molar-refractivity contribution is 1.35. The fourth-order valence-electron chi connectivity index (χ4n) is 2.23. The lowest BCUT2D eigenvalue weighted by Crippen LogP contribution is -1.84. The highest BCUT2D eigenvalue weighted by molar-refractivity contribution is 9.10. The van der Waals surface area contributed by atoms with Crippen LogP contribution in [0.5, 0.6) is 0 Å². The van der Waals surface area contributed by atoms with Gasteiger partial charge in [-0.15, -0.1) is 11.3 Å².